The van der Waals surface area contributed by atoms with Gasteiger partial charge in [0.1, 0.15) is 11.9 Å². The Balaban J connectivity index is 2.06. The number of benzene rings is 2. The van der Waals surface area contributed by atoms with Crippen molar-refractivity contribution in [3.63, 3.8) is 0 Å². The van der Waals surface area contributed by atoms with Crippen LogP contribution in [0.2, 0.25) is 0 Å². The van der Waals surface area contributed by atoms with Crippen molar-refractivity contribution in [1.29, 1.82) is 5.26 Å². The van der Waals surface area contributed by atoms with Crippen LogP contribution in [0.15, 0.2) is 36.4 Å². The highest BCUT2D eigenvalue weighted by Gasteiger charge is 2.12. The lowest BCUT2D eigenvalue weighted by atomic mass is 10.1. The second kappa shape index (κ2) is 7.57. The predicted octanol–water partition coefficient (Wildman–Crippen LogP) is 4.64. The lowest BCUT2D eigenvalue weighted by Gasteiger charge is -2.12. The van der Waals surface area contributed by atoms with Gasteiger partial charge >= 0.3 is 0 Å². The Hall–Kier alpha value is -2.53. The van der Waals surface area contributed by atoms with Crippen LogP contribution < -0.4 is 9.47 Å². The first-order valence-electron chi connectivity index (χ1n) is 7.73. The number of halogens is 1. The van der Waals surface area contributed by atoms with Crippen LogP contribution in [0.5, 0.6) is 11.5 Å². The van der Waals surface area contributed by atoms with Crippen LogP contribution in [0, 0.1) is 14.9 Å². The minimum absolute atomic E-state index is 0.458. The molecule has 3 rings (SSSR count). The Labute approximate surface area is 159 Å². The molecular formula is C19H16IN3O2. The lowest BCUT2D eigenvalue weighted by molar-refractivity contribution is 0.309. The zero-order valence-corrected chi connectivity index (χ0v) is 16.0. The largest absolute Gasteiger partial charge is 0.492 e. The average molecular weight is 445 g/mol. The summed E-state index contributed by atoms with van der Waals surface area (Å²) in [7, 11) is 1.62. The molecule has 0 radical (unpaired) electrons. The summed E-state index contributed by atoms with van der Waals surface area (Å²) in [6, 6.07) is 13.7. The molecule has 25 heavy (non-hydrogen) atoms. The molecule has 0 unspecified atom stereocenters. The van der Waals surface area contributed by atoms with Crippen LogP contribution in [0.1, 0.15) is 18.3 Å². The van der Waals surface area contributed by atoms with Crippen LogP contribution in [0.4, 0.5) is 0 Å². The molecule has 6 heteroatoms. The highest BCUT2D eigenvalue weighted by atomic mass is 127. The van der Waals surface area contributed by atoms with E-state index >= 15 is 0 Å². The summed E-state index contributed by atoms with van der Waals surface area (Å²) >= 11 is 2.20. The minimum atomic E-state index is 0.458. The van der Waals surface area contributed by atoms with Crippen LogP contribution in [-0.2, 0) is 0 Å². The number of aromatic nitrogens is 2. The molecule has 1 N–H and O–H groups in total. The summed E-state index contributed by atoms with van der Waals surface area (Å²) in [5.74, 6) is 1.90. The van der Waals surface area contributed by atoms with Gasteiger partial charge in [0.25, 0.3) is 0 Å². The van der Waals surface area contributed by atoms with E-state index < -0.39 is 0 Å². The van der Waals surface area contributed by atoms with Gasteiger partial charge in [-0.3, -0.25) is 0 Å². The molecule has 3 aromatic rings. The number of fused-ring (bicyclic) bond motifs is 1. The van der Waals surface area contributed by atoms with Crippen molar-refractivity contribution < 1.29 is 9.47 Å². The smallest absolute Gasteiger partial charge is 0.174 e. The fourth-order valence-corrected chi connectivity index (χ4v) is 3.38. The van der Waals surface area contributed by atoms with Gasteiger partial charge in [0.2, 0.25) is 0 Å². The molecule has 0 fully saturated rings. The number of nitriles is 1. The second-order valence-corrected chi connectivity index (χ2v) is 6.40. The van der Waals surface area contributed by atoms with Gasteiger partial charge in [0, 0.05) is 0 Å². The number of hydrogen-bond donors (Lipinski definition) is 1. The zero-order chi connectivity index (χ0) is 17.8. The average Bonchev–Trinajstić information content (AvgIpc) is 3.03. The maximum Gasteiger partial charge on any atom is 0.174 e. The Morgan fingerprint density at radius 2 is 2.16 bits per heavy atom. The van der Waals surface area contributed by atoms with Gasteiger partial charge in [0.15, 0.2) is 11.5 Å². The summed E-state index contributed by atoms with van der Waals surface area (Å²) in [6.45, 7) is 2.46. The van der Waals surface area contributed by atoms with E-state index in [1.807, 2.05) is 43.3 Å². The molecule has 1 aromatic heterocycles. The number of para-hydroxylation sites is 2. The van der Waals surface area contributed by atoms with Crippen molar-refractivity contribution in [2.24, 2.45) is 0 Å². The molecule has 0 atom stereocenters. The van der Waals surface area contributed by atoms with Gasteiger partial charge < -0.3 is 14.5 Å². The monoisotopic (exact) mass is 445 g/mol. The third-order valence-corrected chi connectivity index (χ3v) is 4.41. The Morgan fingerprint density at radius 3 is 2.84 bits per heavy atom. The van der Waals surface area contributed by atoms with Crippen molar-refractivity contribution in [3.8, 4) is 17.6 Å². The minimum Gasteiger partial charge on any atom is -0.492 e. The number of allylic oxidation sites excluding steroid dienone is 1. The standard InChI is InChI=1S/C19H16IN3O2/c1-3-25-17-10-12(9-14(20)18(17)24-2)8-13(11-21)19-22-15-6-4-5-7-16(15)23-19/h4-10H,3H2,1-2H3,(H,22,23)/b13-8-. The summed E-state index contributed by atoms with van der Waals surface area (Å²) in [5, 5.41) is 9.57. The molecule has 0 aliphatic rings. The number of ether oxygens (including phenoxy) is 2. The Kier molecular flexibility index (Phi) is 5.24. The first kappa shape index (κ1) is 17.3. The number of hydrogen-bond acceptors (Lipinski definition) is 4. The van der Waals surface area contributed by atoms with E-state index in [0.717, 1.165) is 20.2 Å². The van der Waals surface area contributed by atoms with E-state index in [2.05, 4.69) is 38.6 Å². The van der Waals surface area contributed by atoms with Gasteiger partial charge in [-0.15, -0.1) is 0 Å². The van der Waals surface area contributed by atoms with Crippen molar-refractivity contribution in [3.05, 3.63) is 51.4 Å². The van der Waals surface area contributed by atoms with Crippen molar-refractivity contribution in [2.75, 3.05) is 13.7 Å². The highest BCUT2D eigenvalue weighted by molar-refractivity contribution is 14.1. The molecule has 0 spiro atoms. The van der Waals surface area contributed by atoms with E-state index in [4.69, 9.17) is 9.47 Å². The zero-order valence-electron chi connectivity index (χ0n) is 13.8. The summed E-state index contributed by atoms with van der Waals surface area (Å²) in [6.07, 6.45) is 1.79. The van der Waals surface area contributed by atoms with Gasteiger partial charge in [-0.25, -0.2) is 4.98 Å². The fraction of sp³-hybridized carbons (Fsp3) is 0.158. The van der Waals surface area contributed by atoms with Gasteiger partial charge in [0.05, 0.1) is 33.9 Å². The number of aromatic amines is 1. The molecule has 1 heterocycles. The SMILES string of the molecule is CCOc1cc(/C=C(/C#N)c2nc3ccccc3[nH]2)cc(I)c1OC. The molecule has 0 bridgehead atoms. The van der Waals surface area contributed by atoms with Crippen molar-refractivity contribution in [1.82, 2.24) is 9.97 Å². The summed E-state index contributed by atoms with van der Waals surface area (Å²) in [5.41, 5.74) is 3.04. The molecule has 0 aliphatic heterocycles. The maximum atomic E-state index is 9.57. The molecule has 0 saturated carbocycles. The molecule has 126 valence electrons. The van der Waals surface area contributed by atoms with E-state index in [0.29, 0.717) is 29.5 Å². The first-order chi connectivity index (χ1) is 12.2. The van der Waals surface area contributed by atoms with Gasteiger partial charge in [-0.1, -0.05) is 12.1 Å². The van der Waals surface area contributed by atoms with Gasteiger partial charge in [-0.05, 0) is 65.4 Å². The number of nitrogens with one attached hydrogen (secondary N) is 1. The molecular weight excluding hydrogens is 429 g/mol. The molecule has 0 amide bonds. The molecule has 0 saturated heterocycles. The number of H-pyrrole nitrogens is 1. The molecule has 0 aliphatic carbocycles. The Bertz CT molecular complexity index is 953. The summed E-state index contributed by atoms with van der Waals surface area (Å²) < 4.78 is 12.0. The number of imidazole rings is 1. The van der Waals surface area contributed by atoms with Crippen LogP contribution in [0.25, 0.3) is 22.7 Å². The lowest BCUT2D eigenvalue weighted by Crippen LogP contribution is -1.98. The van der Waals surface area contributed by atoms with E-state index in [1.165, 1.54) is 0 Å². The highest BCUT2D eigenvalue weighted by Crippen LogP contribution is 2.35. The molecule has 2 aromatic carbocycles. The van der Waals surface area contributed by atoms with Crippen molar-refractivity contribution >= 4 is 45.3 Å². The second-order valence-electron chi connectivity index (χ2n) is 5.24. The first-order valence-corrected chi connectivity index (χ1v) is 8.81. The van der Waals surface area contributed by atoms with Crippen molar-refractivity contribution in [2.45, 2.75) is 6.92 Å². The van der Waals surface area contributed by atoms with E-state index in [9.17, 15) is 5.26 Å². The van der Waals surface area contributed by atoms with Crippen LogP contribution in [0.3, 0.4) is 0 Å². The number of methoxy groups -OCH3 is 1. The van der Waals surface area contributed by atoms with Crippen LogP contribution >= 0.6 is 22.6 Å². The topological polar surface area (TPSA) is 70.9 Å². The summed E-state index contributed by atoms with van der Waals surface area (Å²) in [4.78, 5) is 7.67. The van der Waals surface area contributed by atoms with E-state index in [-0.39, 0.29) is 0 Å². The van der Waals surface area contributed by atoms with E-state index in [1.54, 1.807) is 13.2 Å². The third-order valence-electron chi connectivity index (χ3n) is 3.61. The normalized spacial score (nSPS) is 11.4. The quantitative estimate of drug-likeness (QED) is 0.459. The number of rotatable bonds is 5. The molecule has 5 nitrogen and oxygen atoms in total. The maximum absolute atomic E-state index is 9.57. The van der Waals surface area contributed by atoms with Crippen LogP contribution in [-0.4, -0.2) is 23.7 Å². The fourth-order valence-electron chi connectivity index (χ4n) is 2.53. The number of nitrogens with zero attached hydrogens (tertiary/aromatic N) is 2. The van der Waals surface area contributed by atoms with Gasteiger partial charge in [-0.2, -0.15) is 5.26 Å². The Morgan fingerprint density at radius 1 is 1.36 bits per heavy atom. The predicted molar refractivity (Wildman–Crippen MR) is 106 cm³/mol. The third kappa shape index (κ3) is 3.61.